The molecule has 0 saturated carbocycles. The fourth-order valence-corrected chi connectivity index (χ4v) is 2.98. The minimum absolute atomic E-state index is 0.0215. The van der Waals surface area contributed by atoms with Gasteiger partial charge < -0.3 is 5.32 Å². The lowest BCUT2D eigenvalue weighted by Crippen LogP contribution is -2.39. The number of rotatable bonds is 10. The van der Waals surface area contributed by atoms with E-state index in [9.17, 15) is 4.79 Å². The van der Waals surface area contributed by atoms with E-state index >= 15 is 0 Å². The van der Waals surface area contributed by atoms with Crippen molar-refractivity contribution < 1.29 is 4.79 Å². The smallest absolute Gasteiger partial charge is 0.138 e. The predicted molar refractivity (Wildman–Crippen MR) is 82.4 cm³/mol. The Morgan fingerprint density at radius 1 is 0.947 bits per heavy atom. The molecule has 1 aliphatic heterocycles. The molecule has 2 nitrogen and oxygen atoms in total. The van der Waals surface area contributed by atoms with Gasteiger partial charge in [-0.25, -0.2) is 0 Å². The lowest BCUT2D eigenvalue weighted by molar-refractivity contribution is -0.129. The SMILES string of the molecule is CCCCCCCCCCC(=O)C1(C)CCNCC1. The monoisotopic (exact) mass is 267 g/mol. The molecule has 2 heteroatoms. The van der Waals surface area contributed by atoms with E-state index in [1.165, 1.54) is 44.9 Å². The summed E-state index contributed by atoms with van der Waals surface area (Å²) >= 11 is 0. The van der Waals surface area contributed by atoms with Gasteiger partial charge in [-0.15, -0.1) is 0 Å². The molecule has 0 aromatic rings. The van der Waals surface area contributed by atoms with Gasteiger partial charge in [0.05, 0.1) is 0 Å². The number of hydrogen-bond donors (Lipinski definition) is 1. The number of ketones is 1. The van der Waals surface area contributed by atoms with Crippen LogP contribution in [0.1, 0.15) is 84.5 Å². The van der Waals surface area contributed by atoms with Crippen LogP contribution in [0.5, 0.6) is 0 Å². The van der Waals surface area contributed by atoms with Gasteiger partial charge in [-0.2, -0.15) is 0 Å². The second-order valence-corrected chi connectivity index (χ2v) is 6.46. The first-order chi connectivity index (χ1) is 9.19. The third-order valence-electron chi connectivity index (χ3n) is 4.64. The highest BCUT2D eigenvalue weighted by molar-refractivity contribution is 5.84. The van der Waals surface area contributed by atoms with E-state index in [4.69, 9.17) is 0 Å². The standard InChI is InChI=1S/C17H33NO/c1-3-4-5-6-7-8-9-10-11-16(19)17(2)12-14-18-15-13-17/h18H,3-15H2,1-2H3. The average molecular weight is 267 g/mol. The topological polar surface area (TPSA) is 29.1 Å². The zero-order valence-corrected chi connectivity index (χ0v) is 13.1. The molecular weight excluding hydrogens is 234 g/mol. The van der Waals surface area contributed by atoms with E-state index in [0.29, 0.717) is 5.78 Å². The molecule has 1 N–H and O–H groups in total. The van der Waals surface area contributed by atoms with Crippen LogP contribution in [0.25, 0.3) is 0 Å². The Hall–Kier alpha value is -0.370. The lowest BCUT2D eigenvalue weighted by Gasteiger charge is -2.32. The molecule has 1 rings (SSSR count). The lowest BCUT2D eigenvalue weighted by atomic mass is 9.76. The maximum Gasteiger partial charge on any atom is 0.138 e. The number of carbonyl (C=O) groups is 1. The van der Waals surface area contributed by atoms with Crippen LogP contribution in [0.2, 0.25) is 0 Å². The van der Waals surface area contributed by atoms with Crippen LogP contribution in [0.4, 0.5) is 0 Å². The van der Waals surface area contributed by atoms with E-state index in [2.05, 4.69) is 19.2 Å². The van der Waals surface area contributed by atoms with Crippen LogP contribution in [0.15, 0.2) is 0 Å². The first-order valence-electron chi connectivity index (χ1n) is 8.43. The molecule has 0 bridgehead atoms. The summed E-state index contributed by atoms with van der Waals surface area (Å²) in [6, 6.07) is 0. The van der Waals surface area contributed by atoms with Crippen LogP contribution in [0, 0.1) is 5.41 Å². The van der Waals surface area contributed by atoms with E-state index in [1.807, 2.05) is 0 Å². The fourth-order valence-electron chi connectivity index (χ4n) is 2.98. The zero-order valence-electron chi connectivity index (χ0n) is 13.1. The van der Waals surface area contributed by atoms with Gasteiger partial charge in [0, 0.05) is 11.8 Å². The van der Waals surface area contributed by atoms with Crippen molar-refractivity contribution in [2.45, 2.75) is 84.5 Å². The number of unbranched alkanes of at least 4 members (excludes halogenated alkanes) is 7. The van der Waals surface area contributed by atoms with E-state index < -0.39 is 0 Å². The van der Waals surface area contributed by atoms with Crippen molar-refractivity contribution in [3.8, 4) is 0 Å². The van der Waals surface area contributed by atoms with Crippen LogP contribution >= 0.6 is 0 Å². The van der Waals surface area contributed by atoms with Gasteiger partial charge in [0.2, 0.25) is 0 Å². The van der Waals surface area contributed by atoms with Crippen molar-refractivity contribution in [3.63, 3.8) is 0 Å². The van der Waals surface area contributed by atoms with Crippen molar-refractivity contribution in [1.29, 1.82) is 0 Å². The fraction of sp³-hybridized carbons (Fsp3) is 0.941. The van der Waals surface area contributed by atoms with Gasteiger partial charge in [0.1, 0.15) is 5.78 Å². The molecule has 0 atom stereocenters. The molecule has 0 spiro atoms. The van der Waals surface area contributed by atoms with Gasteiger partial charge in [0.15, 0.2) is 0 Å². The van der Waals surface area contributed by atoms with Gasteiger partial charge >= 0.3 is 0 Å². The molecular formula is C17H33NO. The quantitative estimate of drug-likeness (QED) is 0.591. The summed E-state index contributed by atoms with van der Waals surface area (Å²) in [6.45, 7) is 6.45. The number of hydrogen-bond acceptors (Lipinski definition) is 2. The molecule has 19 heavy (non-hydrogen) atoms. The van der Waals surface area contributed by atoms with Crippen LogP contribution in [0.3, 0.4) is 0 Å². The first kappa shape index (κ1) is 16.7. The number of nitrogens with one attached hydrogen (secondary N) is 1. The molecule has 1 saturated heterocycles. The largest absolute Gasteiger partial charge is 0.317 e. The summed E-state index contributed by atoms with van der Waals surface area (Å²) in [6.07, 6.45) is 13.4. The second kappa shape index (κ2) is 9.52. The summed E-state index contributed by atoms with van der Waals surface area (Å²) in [5.74, 6) is 0.514. The maximum absolute atomic E-state index is 12.3. The molecule has 0 unspecified atom stereocenters. The van der Waals surface area contributed by atoms with Crippen LogP contribution in [-0.4, -0.2) is 18.9 Å². The minimum Gasteiger partial charge on any atom is -0.317 e. The van der Waals surface area contributed by atoms with Gasteiger partial charge in [-0.05, 0) is 32.4 Å². The number of carbonyl (C=O) groups excluding carboxylic acids is 1. The van der Waals surface area contributed by atoms with Crippen molar-refractivity contribution in [2.24, 2.45) is 5.41 Å². The zero-order chi connectivity index (χ0) is 14.0. The van der Waals surface area contributed by atoms with Gasteiger partial charge in [-0.3, -0.25) is 4.79 Å². The average Bonchev–Trinajstić information content (AvgIpc) is 2.42. The molecule has 1 aliphatic rings. The highest BCUT2D eigenvalue weighted by Crippen LogP contribution is 2.31. The van der Waals surface area contributed by atoms with Crippen LogP contribution in [-0.2, 0) is 4.79 Å². The Morgan fingerprint density at radius 2 is 1.47 bits per heavy atom. The van der Waals surface area contributed by atoms with Gasteiger partial charge in [0.25, 0.3) is 0 Å². The van der Waals surface area contributed by atoms with Crippen LogP contribution < -0.4 is 5.32 Å². The normalized spacial score (nSPS) is 18.4. The summed E-state index contributed by atoms with van der Waals surface area (Å²) in [5.41, 5.74) is -0.0215. The molecule has 0 aromatic carbocycles. The Balaban J connectivity index is 2.01. The first-order valence-corrected chi connectivity index (χ1v) is 8.43. The Labute approximate surface area is 119 Å². The van der Waals surface area contributed by atoms with E-state index in [0.717, 1.165) is 38.8 Å². The molecule has 0 amide bonds. The van der Waals surface area contributed by atoms with Crippen molar-refractivity contribution in [2.75, 3.05) is 13.1 Å². The molecule has 1 fully saturated rings. The Kier molecular flexibility index (Phi) is 8.36. The molecule has 112 valence electrons. The predicted octanol–water partition coefficient (Wildman–Crippen LogP) is 4.48. The summed E-state index contributed by atoms with van der Waals surface area (Å²) in [7, 11) is 0. The van der Waals surface area contributed by atoms with E-state index in [-0.39, 0.29) is 5.41 Å². The molecule has 0 aliphatic carbocycles. The van der Waals surface area contributed by atoms with E-state index in [1.54, 1.807) is 0 Å². The Morgan fingerprint density at radius 3 is 2.05 bits per heavy atom. The second-order valence-electron chi connectivity index (χ2n) is 6.46. The summed E-state index contributed by atoms with van der Waals surface area (Å²) in [5, 5.41) is 3.34. The van der Waals surface area contributed by atoms with Crippen molar-refractivity contribution >= 4 is 5.78 Å². The van der Waals surface area contributed by atoms with Crippen molar-refractivity contribution in [3.05, 3.63) is 0 Å². The summed E-state index contributed by atoms with van der Waals surface area (Å²) < 4.78 is 0. The van der Waals surface area contributed by atoms with Gasteiger partial charge in [-0.1, -0.05) is 58.8 Å². The highest BCUT2D eigenvalue weighted by atomic mass is 16.1. The third-order valence-corrected chi connectivity index (χ3v) is 4.64. The highest BCUT2D eigenvalue weighted by Gasteiger charge is 2.33. The van der Waals surface area contributed by atoms with Crippen molar-refractivity contribution in [1.82, 2.24) is 5.32 Å². The third kappa shape index (κ3) is 6.56. The summed E-state index contributed by atoms with van der Waals surface area (Å²) in [4.78, 5) is 12.3. The molecule has 0 radical (unpaired) electrons. The number of Topliss-reactive ketones (excluding diaryl/α,β-unsaturated/α-hetero) is 1. The molecule has 1 heterocycles. The maximum atomic E-state index is 12.3. The molecule has 0 aromatic heterocycles. The number of piperidine rings is 1. The minimum atomic E-state index is -0.0215. The Bertz CT molecular complexity index is 244.